The van der Waals surface area contributed by atoms with E-state index < -0.39 is 36.4 Å². The van der Waals surface area contributed by atoms with Gasteiger partial charge in [0.1, 0.15) is 5.60 Å². The quantitative estimate of drug-likeness (QED) is 0.329. The number of carboxylic acids is 3. The van der Waals surface area contributed by atoms with Crippen molar-refractivity contribution in [1.29, 1.82) is 0 Å². The largest absolute Gasteiger partial charge is 0.550 e. The van der Waals surface area contributed by atoms with E-state index in [0.717, 1.165) is 13.4 Å². The fraction of sp³-hybridized carbons (Fsp3) is 0.875. The Bertz CT molecular complexity index is 506. The van der Waals surface area contributed by atoms with Gasteiger partial charge >= 0.3 is 0 Å². The summed E-state index contributed by atoms with van der Waals surface area (Å²) < 4.78 is 3.28. The molecule has 0 aliphatic carbocycles. The number of quaternary nitrogens is 3. The Balaban J connectivity index is -0.000000186. The van der Waals surface area contributed by atoms with Gasteiger partial charge in [0.25, 0.3) is 0 Å². The van der Waals surface area contributed by atoms with Crippen LogP contribution in [-0.4, -0.2) is 125 Å². The molecule has 0 rings (SSSR count). The molecular weight excluding hydrogens is 442 g/mol. The van der Waals surface area contributed by atoms with Crippen LogP contribution in [-0.2, 0) is 14.4 Å². The van der Waals surface area contributed by atoms with Crippen molar-refractivity contribution in [2.45, 2.75) is 58.5 Å². The third kappa shape index (κ3) is 37.6. The Morgan fingerprint density at radius 1 is 0.588 bits per heavy atom. The first-order chi connectivity index (χ1) is 15.0. The van der Waals surface area contributed by atoms with Crippen LogP contribution < -0.4 is 15.3 Å². The first-order valence-corrected chi connectivity index (χ1v) is 11.7. The second-order valence-corrected chi connectivity index (χ2v) is 11.5. The lowest BCUT2D eigenvalue weighted by molar-refractivity contribution is -0.870. The lowest BCUT2D eigenvalue weighted by Gasteiger charge is -2.29. The van der Waals surface area contributed by atoms with E-state index in [4.69, 9.17) is 5.11 Å². The highest BCUT2D eigenvalue weighted by atomic mass is 16.4. The van der Waals surface area contributed by atoms with Gasteiger partial charge in [-0.1, -0.05) is 20.8 Å². The first-order valence-electron chi connectivity index (χ1n) is 11.7. The van der Waals surface area contributed by atoms with E-state index in [0.29, 0.717) is 0 Å². The number of carbonyl (C=O) groups excluding carboxylic acids is 3. The number of aliphatic carboxylic acids is 3. The molecule has 0 aromatic carbocycles. The molecule has 1 N–H and O–H groups in total. The number of rotatable bonds is 11. The molecule has 0 heterocycles. The fourth-order valence-electron chi connectivity index (χ4n) is 2.70. The summed E-state index contributed by atoms with van der Waals surface area (Å²) in [7, 11) is 19.9. The van der Waals surface area contributed by atoms with Crippen LogP contribution in [0, 0.1) is 0 Å². The minimum absolute atomic E-state index is 1.09. The van der Waals surface area contributed by atoms with Crippen LogP contribution in [0.4, 0.5) is 0 Å². The molecule has 10 nitrogen and oxygen atoms in total. The van der Waals surface area contributed by atoms with Crippen molar-refractivity contribution in [3.63, 3.8) is 0 Å². The zero-order chi connectivity index (χ0) is 28.4. The summed E-state index contributed by atoms with van der Waals surface area (Å²) in [5.74, 6) is -5.98. The van der Waals surface area contributed by atoms with Gasteiger partial charge in [-0.05, 0) is 19.3 Å². The van der Waals surface area contributed by atoms with Crippen LogP contribution in [0.15, 0.2) is 0 Å². The van der Waals surface area contributed by atoms with Crippen LogP contribution in [0.2, 0.25) is 0 Å². The molecule has 0 saturated heterocycles. The van der Waals surface area contributed by atoms with E-state index >= 15 is 0 Å². The van der Waals surface area contributed by atoms with Gasteiger partial charge in [-0.3, -0.25) is 0 Å². The minimum atomic E-state index is -2.97. The molecule has 206 valence electrons. The Morgan fingerprint density at radius 2 is 0.794 bits per heavy atom. The van der Waals surface area contributed by atoms with Crippen LogP contribution in [0.5, 0.6) is 0 Å². The van der Waals surface area contributed by atoms with Gasteiger partial charge in [-0.25, -0.2) is 0 Å². The molecule has 0 saturated carbocycles. The molecule has 0 aliphatic heterocycles. The summed E-state index contributed by atoms with van der Waals surface area (Å²) in [5, 5.41) is 38.9. The molecule has 0 atom stereocenters. The molecule has 0 spiro atoms. The minimum Gasteiger partial charge on any atom is -0.550 e. The summed E-state index contributed by atoms with van der Waals surface area (Å²) >= 11 is 0. The maximum Gasteiger partial charge on any atom is 0.114 e. The molecule has 34 heavy (non-hydrogen) atoms. The molecule has 10 heteroatoms. The molecule has 0 aliphatic rings. The van der Waals surface area contributed by atoms with Crippen molar-refractivity contribution >= 4 is 17.9 Å². The summed E-state index contributed by atoms with van der Waals surface area (Å²) in [6.07, 6.45) is 1.13. The average molecular weight is 496 g/mol. The smallest absolute Gasteiger partial charge is 0.114 e. The Labute approximate surface area is 208 Å². The van der Waals surface area contributed by atoms with Crippen molar-refractivity contribution < 1.29 is 48.3 Å². The molecule has 0 amide bonds. The molecule has 0 unspecified atom stereocenters. The molecule has 0 aromatic heterocycles. The maximum atomic E-state index is 10.1. The van der Waals surface area contributed by atoms with Gasteiger partial charge in [0.15, 0.2) is 0 Å². The predicted molar refractivity (Wildman–Crippen MR) is 129 cm³/mol. The lowest BCUT2D eigenvalue weighted by atomic mass is 9.96. The fourth-order valence-corrected chi connectivity index (χ4v) is 2.70. The van der Waals surface area contributed by atoms with E-state index in [9.17, 15) is 29.7 Å². The molecule has 0 fully saturated rings. The highest BCUT2D eigenvalue weighted by Crippen LogP contribution is 2.13. The normalized spacial score (nSPS) is 11.6. The zero-order valence-corrected chi connectivity index (χ0v) is 23.9. The lowest BCUT2D eigenvalue weighted by Crippen LogP contribution is -2.54. The standard InChI is InChI=1S/3C6H16N.C6H8O7/c3*1-5-6-7(2,3)4;7-3(8)1-6(13,5(11)12)2-4(9)10/h3*5-6H2,1-4H3;13H,1-2H2,(H,7,8)(H,9,10)(H,11,12)/q3*+1;/p-3. The number of carboxylic acid groups (broad SMARTS) is 3. The van der Waals surface area contributed by atoms with Crippen molar-refractivity contribution in [2.24, 2.45) is 0 Å². The number of hydrogen-bond donors (Lipinski definition) is 1. The van der Waals surface area contributed by atoms with Crippen molar-refractivity contribution in [2.75, 3.05) is 83.1 Å². The van der Waals surface area contributed by atoms with Crippen LogP contribution in [0.3, 0.4) is 0 Å². The van der Waals surface area contributed by atoms with Crippen LogP contribution >= 0.6 is 0 Å². The number of carbonyl (C=O) groups is 3. The number of aliphatic hydroxyl groups is 1. The second-order valence-electron chi connectivity index (χ2n) is 11.5. The first kappa shape index (κ1) is 39.5. The van der Waals surface area contributed by atoms with E-state index in [1.165, 1.54) is 38.9 Å². The van der Waals surface area contributed by atoms with Crippen molar-refractivity contribution in [3.8, 4) is 0 Å². The number of hydrogen-bond acceptors (Lipinski definition) is 7. The summed E-state index contributed by atoms with van der Waals surface area (Å²) in [6, 6.07) is 0. The second kappa shape index (κ2) is 18.6. The van der Waals surface area contributed by atoms with Crippen molar-refractivity contribution in [1.82, 2.24) is 0 Å². The summed E-state index contributed by atoms with van der Waals surface area (Å²) in [6.45, 7) is 10.5. The van der Waals surface area contributed by atoms with Gasteiger partial charge in [-0.15, -0.1) is 0 Å². The number of nitrogens with zero attached hydrogens (tertiary/aromatic N) is 3. The SMILES string of the molecule is CCC[N+](C)(C)C.CCC[N+](C)(C)C.CCC[N+](C)(C)C.O=C([O-])CC(O)(CC(=O)[O-])C(=O)[O-]. The molecule has 0 radical (unpaired) electrons. The van der Waals surface area contributed by atoms with Crippen LogP contribution in [0.1, 0.15) is 52.9 Å². The van der Waals surface area contributed by atoms with Gasteiger partial charge < -0.3 is 48.3 Å². The highest BCUT2D eigenvalue weighted by molar-refractivity contribution is 5.86. The molecule has 0 aromatic rings. The highest BCUT2D eigenvalue weighted by Gasteiger charge is 2.29. The zero-order valence-electron chi connectivity index (χ0n) is 23.9. The van der Waals surface area contributed by atoms with Crippen LogP contribution in [0.25, 0.3) is 0 Å². The third-order valence-electron chi connectivity index (χ3n) is 3.94. The summed E-state index contributed by atoms with van der Waals surface area (Å²) in [5.41, 5.74) is -2.97. The van der Waals surface area contributed by atoms with E-state index in [-0.39, 0.29) is 0 Å². The third-order valence-corrected chi connectivity index (χ3v) is 3.94. The average Bonchev–Trinajstić information content (AvgIpc) is 2.51. The van der Waals surface area contributed by atoms with Gasteiger partial charge in [-0.2, -0.15) is 0 Å². The maximum absolute atomic E-state index is 10.1. The van der Waals surface area contributed by atoms with E-state index in [1.807, 2.05) is 0 Å². The van der Waals surface area contributed by atoms with Gasteiger partial charge in [0.05, 0.1) is 89.0 Å². The Hall–Kier alpha value is -1.75. The topological polar surface area (TPSA) is 141 Å². The predicted octanol–water partition coefficient (Wildman–Crippen LogP) is -1.94. The summed E-state index contributed by atoms with van der Waals surface area (Å²) in [4.78, 5) is 30.0. The molecule has 0 bridgehead atoms. The van der Waals surface area contributed by atoms with Crippen molar-refractivity contribution in [3.05, 3.63) is 0 Å². The van der Waals surface area contributed by atoms with Gasteiger partial charge in [0, 0.05) is 24.8 Å². The monoisotopic (exact) mass is 495 g/mol. The molecular formula is C24H53N3O7. The Kier molecular flexibility index (Phi) is 21.5. The Morgan fingerprint density at radius 3 is 0.853 bits per heavy atom. The van der Waals surface area contributed by atoms with E-state index in [1.54, 1.807) is 0 Å². The van der Waals surface area contributed by atoms with Gasteiger partial charge in [0.2, 0.25) is 0 Å². The van der Waals surface area contributed by atoms with E-state index in [2.05, 4.69) is 84.2 Å².